The van der Waals surface area contributed by atoms with E-state index in [0.717, 1.165) is 19.4 Å². The highest BCUT2D eigenvalue weighted by Gasteiger charge is 2.51. The number of aliphatic hydroxyl groups is 1. The first-order valence-electron chi connectivity index (χ1n) is 5.44. The summed E-state index contributed by atoms with van der Waals surface area (Å²) in [5, 5.41) is 12.6. The van der Waals surface area contributed by atoms with E-state index in [1.54, 1.807) is 0 Å². The Bertz CT molecular complexity index is 165. The maximum Gasteiger partial charge on any atom is 0.0448 e. The van der Waals surface area contributed by atoms with Gasteiger partial charge in [0.15, 0.2) is 0 Å². The zero-order chi connectivity index (χ0) is 9.95. The van der Waals surface area contributed by atoms with E-state index < -0.39 is 0 Å². The molecule has 0 spiro atoms. The molecule has 0 aromatic rings. The molecular formula is C11H23NO. The van der Waals surface area contributed by atoms with Gasteiger partial charge in [-0.3, -0.25) is 0 Å². The first-order valence-corrected chi connectivity index (χ1v) is 5.44. The summed E-state index contributed by atoms with van der Waals surface area (Å²) in [7, 11) is 0. The fraction of sp³-hybridized carbons (Fsp3) is 1.00. The van der Waals surface area contributed by atoms with Gasteiger partial charge in [-0.1, -0.05) is 13.8 Å². The molecule has 0 saturated heterocycles. The number of rotatable bonds is 6. The molecule has 1 saturated carbocycles. The van der Waals surface area contributed by atoms with Crippen LogP contribution < -0.4 is 5.32 Å². The van der Waals surface area contributed by atoms with Crippen molar-refractivity contribution < 1.29 is 5.11 Å². The Balaban J connectivity index is 2.52. The van der Waals surface area contributed by atoms with Crippen LogP contribution >= 0.6 is 0 Å². The second-order valence-corrected chi connectivity index (χ2v) is 4.79. The van der Waals surface area contributed by atoms with Gasteiger partial charge in [-0.25, -0.2) is 0 Å². The van der Waals surface area contributed by atoms with Crippen LogP contribution in [0.5, 0.6) is 0 Å². The zero-order valence-electron chi connectivity index (χ0n) is 9.19. The van der Waals surface area contributed by atoms with Gasteiger partial charge in [0.1, 0.15) is 0 Å². The van der Waals surface area contributed by atoms with Crippen molar-refractivity contribution in [3.8, 4) is 0 Å². The van der Waals surface area contributed by atoms with Crippen LogP contribution in [0.3, 0.4) is 0 Å². The molecule has 13 heavy (non-hydrogen) atoms. The van der Waals surface area contributed by atoms with E-state index in [1.165, 1.54) is 12.8 Å². The van der Waals surface area contributed by atoms with Crippen LogP contribution in [0.15, 0.2) is 0 Å². The lowest BCUT2D eigenvalue weighted by molar-refractivity contribution is 0.158. The third-order valence-electron chi connectivity index (χ3n) is 3.71. The molecule has 1 rings (SSSR count). The van der Waals surface area contributed by atoms with Crippen molar-refractivity contribution in [3.63, 3.8) is 0 Å². The normalized spacial score (nSPS) is 24.0. The maximum absolute atomic E-state index is 9.05. The highest BCUT2D eigenvalue weighted by atomic mass is 16.3. The average Bonchev–Trinajstić information content (AvgIpc) is 2.82. The van der Waals surface area contributed by atoms with Gasteiger partial charge in [0.2, 0.25) is 0 Å². The number of hydrogen-bond donors (Lipinski definition) is 2. The second kappa shape index (κ2) is 3.97. The maximum atomic E-state index is 9.05. The van der Waals surface area contributed by atoms with Crippen LogP contribution in [-0.4, -0.2) is 23.8 Å². The first kappa shape index (κ1) is 11.0. The smallest absolute Gasteiger partial charge is 0.0448 e. The Morgan fingerprint density at radius 3 is 2.46 bits per heavy atom. The van der Waals surface area contributed by atoms with Crippen molar-refractivity contribution >= 4 is 0 Å². The molecule has 0 bridgehead atoms. The third kappa shape index (κ3) is 2.23. The summed E-state index contributed by atoms with van der Waals surface area (Å²) in [5.41, 5.74) is 0.586. The molecule has 1 aliphatic rings. The number of hydrogen-bond acceptors (Lipinski definition) is 2. The lowest BCUT2D eigenvalue weighted by Gasteiger charge is -2.37. The molecule has 2 nitrogen and oxygen atoms in total. The lowest BCUT2D eigenvalue weighted by atomic mass is 9.81. The van der Waals surface area contributed by atoms with Gasteiger partial charge in [0.25, 0.3) is 0 Å². The fourth-order valence-electron chi connectivity index (χ4n) is 1.97. The molecule has 1 atom stereocenters. The van der Waals surface area contributed by atoms with Crippen molar-refractivity contribution in [1.29, 1.82) is 0 Å². The van der Waals surface area contributed by atoms with E-state index in [2.05, 4.69) is 26.1 Å². The largest absolute Gasteiger partial charge is 0.396 e. The Kier molecular flexibility index (Phi) is 3.36. The molecule has 1 aliphatic carbocycles. The van der Waals surface area contributed by atoms with Crippen LogP contribution in [0, 0.1) is 5.41 Å². The minimum absolute atomic E-state index is 0.151. The highest BCUT2D eigenvalue weighted by molar-refractivity contribution is 5.07. The molecule has 0 aromatic heterocycles. The first-order chi connectivity index (χ1) is 6.08. The van der Waals surface area contributed by atoms with E-state index in [4.69, 9.17) is 5.11 Å². The van der Waals surface area contributed by atoms with Gasteiger partial charge < -0.3 is 10.4 Å². The van der Waals surface area contributed by atoms with Gasteiger partial charge in [-0.05, 0) is 44.6 Å². The van der Waals surface area contributed by atoms with Crippen molar-refractivity contribution in [2.75, 3.05) is 13.2 Å². The van der Waals surface area contributed by atoms with Crippen molar-refractivity contribution in [2.24, 2.45) is 5.41 Å². The molecule has 0 aliphatic heterocycles. The van der Waals surface area contributed by atoms with Gasteiger partial charge >= 0.3 is 0 Å². The predicted octanol–water partition coefficient (Wildman–Crippen LogP) is 1.93. The number of aliphatic hydroxyl groups excluding tert-OH is 1. The molecule has 0 heterocycles. The lowest BCUT2D eigenvalue weighted by Crippen LogP contribution is -2.50. The number of nitrogens with one attached hydrogen (secondary N) is 1. The fourth-order valence-corrected chi connectivity index (χ4v) is 1.97. The SMILES string of the molecule is CCCNC(C)(CCO)C1(C)CC1. The monoisotopic (exact) mass is 185 g/mol. The molecule has 1 unspecified atom stereocenters. The summed E-state index contributed by atoms with van der Waals surface area (Å²) >= 11 is 0. The van der Waals surface area contributed by atoms with E-state index in [-0.39, 0.29) is 5.54 Å². The minimum atomic E-state index is 0.151. The molecule has 0 radical (unpaired) electrons. The molecule has 0 aromatic carbocycles. The van der Waals surface area contributed by atoms with Crippen LogP contribution in [0.1, 0.15) is 46.5 Å². The van der Waals surface area contributed by atoms with Crippen LogP contribution in [0.4, 0.5) is 0 Å². The van der Waals surface area contributed by atoms with E-state index in [0.29, 0.717) is 12.0 Å². The molecule has 2 heteroatoms. The summed E-state index contributed by atoms with van der Waals surface area (Å²) in [6.07, 6.45) is 4.65. The third-order valence-corrected chi connectivity index (χ3v) is 3.71. The summed E-state index contributed by atoms with van der Waals surface area (Å²) in [6, 6.07) is 0. The van der Waals surface area contributed by atoms with E-state index in [1.807, 2.05) is 0 Å². The quantitative estimate of drug-likeness (QED) is 0.662. The van der Waals surface area contributed by atoms with Gasteiger partial charge in [-0.15, -0.1) is 0 Å². The molecule has 78 valence electrons. The van der Waals surface area contributed by atoms with Crippen LogP contribution in [-0.2, 0) is 0 Å². The van der Waals surface area contributed by atoms with E-state index >= 15 is 0 Å². The Morgan fingerprint density at radius 2 is 2.08 bits per heavy atom. The molecule has 1 fully saturated rings. The van der Waals surface area contributed by atoms with Crippen LogP contribution in [0.2, 0.25) is 0 Å². The topological polar surface area (TPSA) is 32.3 Å². The second-order valence-electron chi connectivity index (χ2n) is 4.79. The van der Waals surface area contributed by atoms with Crippen LogP contribution in [0.25, 0.3) is 0 Å². The molecule has 2 N–H and O–H groups in total. The van der Waals surface area contributed by atoms with Crippen molar-refractivity contribution in [2.45, 2.75) is 52.0 Å². The highest BCUT2D eigenvalue weighted by Crippen LogP contribution is 2.54. The summed E-state index contributed by atoms with van der Waals surface area (Å²) in [4.78, 5) is 0. The Hall–Kier alpha value is -0.0800. The molecule has 0 amide bonds. The zero-order valence-corrected chi connectivity index (χ0v) is 9.19. The standard InChI is InChI=1S/C11H23NO/c1-4-8-12-11(3,7-9-13)10(2)5-6-10/h12-13H,4-9H2,1-3H3. The Morgan fingerprint density at radius 1 is 1.46 bits per heavy atom. The summed E-state index contributed by atoms with van der Waals surface area (Å²) in [5.74, 6) is 0. The average molecular weight is 185 g/mol. The summed E-state index contributed by atoms with van der Waals surface area (Å²) in [6.45, 7) is 8.12. The summed E-state index contributed by atoms with van der Waals surface area (Å²) < 4.78 is 0. The van der Waals surface area contributed by atoms with Gasteiger partial charge in [0.05, 0.1) is 0 Å². The van der Waals surface area contributed by atoms with Crippen molar-refractivity contribution in [1.82, 2.24) is 5.32 Å². The van der Waals surface area contributed by atoms with Gasteiger partial charge in [-0.2, -0.15) is 0 Å². The van der Waals surface area contributed by atoms with Crippen molar-refractivity contribution in [3.05, 3.63) is 0 Å². The van der Waals surface area contributed by atoms with E-state index in [9.17, 15) is 0 Å². The Labute approximate surface area is 81.7 Å². The molecular weight excluding hydrogens is 162 g/mol. The predicted molar refractivity (Wildman–Crippen MR) is 55.7 cm³/mol. The minimum Gasteiger partial charge on any atom is -0.396 e. The van der Waals surface area contributed by atoms with Gasteiger partial charge in [0, 0.05) is 12.1 Å².